The first-order valence-electron chi connectivity index (χ1n) is 8.65. The standard InChI is InChI=1S/C21H24N2O2/c1-14-10-11-19-17(13-14)15(2)20(22-19)21(25)23-18(9-6-12-24)16-7-4-3-5-8-16/h3-5,7-8,10-11,13,18,22,24H,6,9,12H2,1-2H3,(H,23,25). The van der Waals surface area contributed by atoms with Crippen LogP contribution < -0.4 is 5.32 Å². The summed E-state index contributed by atoms with van der Waals surface area (Å²) in [6, 6.07) is 15.9. The van der Waals surface area contributed by atoms with Crippen molar-refractivity contribution in [3.05, 3.63) is 70.9 Å². The van der Waals surface area contributed by atoms with Crippen LogP contribution in [0, 0.1) is 13.8 Å². The predicted octanol–water partition coefficient (Wildman–Crippen LogP) is 4.03. The Bertz CT molecular complexity index is 868. The van der Waals surface area contributed by atoms with Gasteiger partial charge in [-0.2, -0.15) is 0 Å². The van der Waals surface area contributed by atoms with E-state index in [0.29, 0.717) is 18.5 Å². The molecule has 1 atom stereocenters. The maximum atomic E-state index is 12.9. The molecule has 3 aromatic rings. The molecule has 1 amide bonds. The Morgan fingerprint density at radius 3 is 2.64 bits per heavy atom. The van der Waals surface area contributed by atoms with Gasteiger partial charge in [0.2, 0.25) is 0 Å². The Morgan fingerprint density at radius 1 is 1.16 bits per heavy atom. The topological polar surface area (TPSA) is 65.1 Å². The number of fused-ring (bicyclic) bond motifs is 1. The molecule has 0 bridgehead atoms. The number of aryl methyl sites for hydroxylation is 2. The molecule has 1 heterocycles. The van der Waals surface area contributed by atoms with Crippen molar-refractivity contribution in [1.29, 1.82) is 0 Å². The number of hydrogen-bond acceptors (Lipinski definition) is 2. The highest BCUT2D eigenvalue weighted by atomic mass is 16.3. The molecule has 130 valence electrons. The number of aromatic amines is 1. The highest BCUT2D eigenvalue weighted by Crippen LogP contribution is 2.24. The molecular weight excluding hydrogens is 312 g/mol. The van der Waals surface area contributed by atoms with Gasteiger partial charge in [-0.3, -0.25) is 4.79 Å². The van der Waals surface area contributed by atoms with Gasteiger partial charge in [0.05, 0.1) is 6.04 Å². The Kier molecular flexibility index (Phi) is 5.19. The van der Waals surface area contributed by atoms with Gasteiger partial charge in [-0.1, -0.05) is 42.0 Å². The number of carbonyl (C=O) groups is 1. The van der Waals surface area contributed by atoms with Crippen LogP contribution in [0.4, 0.5) is 0 Å². The molecule has 0 aliphatic carbocycles. The van der Waals surface area contributed by atoms with Crippen LogP contribution in [0.15, 0.2) is 48.5 Å². The summed E-state index contributed by atoms with van der Waals surface area (Å²) in [7, 11) is 0. The van der Waals surface area contributed by atoms with E-state index in [1.54, 1.807) is 0 Å². The number of aromatic nitrogens is 1. The van der Waals surface area contributed by atoms with Crippen molar-refractivity contribution in [2.24, 2.45) is 0 Å². The molecule has 0 spiro atoms. The lowest BCUT2D eigenvalue weighted by molar-refractivity contribution is 0.0927. The zero-order valence-corrected chi connectivity index (χ0v) is 14.7. The average molecular weight is 336 g/mol. The Hall–Kier alpha value is -2.59. The van der Waals surface area contributed by atoms with E-state index in [9.17, 15) is 4.79 Å². The summed E-state index contributed by atoms with van der Waals surface area (Å²) >= 11 is 0. The summed E-state index contributed by atoms with van der Waals surface area (Å²) in [5, 5.41) is 13.4. The number of nitrogens with one attached hydrogen (secondary N) is 2. The minimum Gasteiger partial charge on any atom is -0.396 e. The van der Waals surface area contributed by atoms with Crippen molar-refractivity contribution >= 4 is 16.8 Å². The Labute approximate surface area is 147 Å². The molecule has 0 aliphatic heterocycles. The van der Waals surface area contributed by atoms with Gasteiger partial charge >= 0.3 is 0 Å². The number of benzene rings is 2. The van der Waals surface area contributed by atoms with Crippen molar-refractivity contribution in [2.45, 2.75) is 32.7 Å². The first kappa shape index (κ1) is 17.2. The molecule has 1 unspecified atom stereocenters. The van der Waals surface area contributed by atoms with E-state index in [4.69, 9.17) is 5.11 Å². The number of rotatable bonds is 6. The zero-order chi connectivity index (χ0) is 17.8. The summed E-state index contributed by atoms with van der Waals surface area (Å²) < 4.78 is 0. The summed E-state index contributed by atoms with van der Waals surface area (Å²) in [5.41, 5.74) is 4.76. The van der Waals surface area contributed by atoms with Gasteiger partial charge in [-0.25, -0.2) is 0 Å². The number of aliphatic hydroxyl groups is 1. The molecule has 0 saturated heterocycles. The second-order valence-corrected chi connectivity index (χ2v) is 6.48. The van der Waals surface area contributed by atoms with Gasteiger partial charge in [0.1, 0.15) is 5.69 Å². The molecule has 1 aromatic heterocycles. The molecule has 0 radical (unpaired) electrons. The summed E-state index contributed by atoms with van der Waals surface area (Å²) in [6.07, 6.45) is 1.34. The van der Waals surface area contributed by atoms with E-state index in [1.165, 1.54) is 5.56 Å². The molecule has 2 aromatic carbocycles. The number of aliphatic hydroxyl groups excluding tert-OH is 1. The third-order valence-electron chi connectivity index (χ3n) is 4.60. The second kappa shape index (κ2) is 7.53. The van der Waals surface area contributed by atoms with E-state index < -0.39 is 0 Å². The second-order valence-electron chi connectivity index (χ2n) is 6.48. The molecule has 0 fully saturated rings. The van der Waals surface area contributed by atoms with Crippen molar-refractivity contribution < 1.29 is 9.90 Å². The van der Waals surface area contributed by atoms with Crippen LogP contribution in [0.3, 0.4) is 0 Å². The number of carbonyl (C=O) groups excluding carboxylic acids is 1. The van der Waals surface area contributed by atoms with E-state index in [2.05, 4.69) is 16.4 Å². The van der Waals surface area contributed by atoms with Gasteiger partial charge in [0.15, 0.2) is 0 Å². The summed E-state index contributed by atoms with van der Waals surface area (Å²) in [6.45, 7) is 4.13. The van der Waals surface area contributed by atoms with Crippen LogP contribution in [0.25, 0.3) is 10.9 Å². The predicted molar refractivity (Wildman–Crippen MR) is 101 cm³/mol. The van der Waals surface area contributed by atoms with Gasteiger partial charge in [0.25, 0.3) is 5.91 Å². The van der Waals surface area contributed by atoms with E-state index in [-0.39, 0.29) is 18.6 Å². The van der Waals surface area contributed by atoms with Crippen LogP contribution in [0.1, 0.15) is 46.1 Å². The largest absolute Gasteiger partial charge is 0.396 e. The average Bonchev–Trinajstić information content (AvgIpc) is 2.95. The zero-order valence-electron chi connectivity index (χ0n) is 14.7. The van der Waals surface area contributed by atoms with Crippen LogP contribution in [-0.4, -0.2) is 22.6 Å². The highest BCUT2D eigenvalue weighted by Gasteiger charge is 2.19. The SMILES string of the molecule is Cc1ccc2[nH]c(C(=O)NC(CCCO)c3ccccc3)c(C)c2c1. The molecule has 0 aliphatic rings. The van der Waals surface area contributed by atoms with Crippen molar-refractivity contribution in [3.8, 4) is 0 Å². The normalized spacial score (nSPS) is 12.3. The number of hydrogen-bond donors (Lipinski definition) is 3. The Morgan fingerprint density at radius 2 is 1.92 bits per heavy atom. The molecule has 4 heteroatoms. The molecule has 4 nitrogen and oxygen atoms in total. The van der Waals surface area contributed by atoms with Crippen molar-refractivity contribution in [2.75, 3.05) is 6.61 Å². The van der Waals surface area contributed by atoms with Gasteiger partial charge < -0.3 is 15.4 Å². The molecule has 25 heavy (non-hydrogen) atoms. The Balaban J connectivity index is 1.87. The number of amides is 1. The fourth-order valence-corrected chi connectivity index (χ4v) is 3.20. The monoisotopic (exact) mass is 336 g/mol. The minimum atomic E-state index is -0.117. The van der Waals surface area contributed by atoms with Crippen LogP contribution >= 0.6 is 0 Å². The fraction of sp³-hybridized carbons (Fsp3) is 0.286. The first-order valence-corrected chi connectivity index (χ1v) is 8.65. The van der Waals surface area contributed by atoms with Crippen LogP contribution in [-0.2, 0) is 0 Å². The van der Waals surface area contributed by atoms with Crippen molar-refractivity contribution in [1.82, 2.24) is 10.3 Å². The minimum absolute atomic E-state index is 0.113. The lowest BCUT2D eigenvalue weighted by atomic mass is 10.0. The molecular formula is C21H24N2O2. The molecule has 3 rings (SSSR count). The summed E-state index contributed by atoms with van der Waals surface area (Å²) in [4.78, 5) is 16.1. The maximum absolute atomic E-state index is 12.9. The summed E-state index contributed by atoms with van der Waals surface area (Å²) in [5.74, 6) is -0.113. The third kappa shape index (κ3) is 3.74. The van der Waals surface area contributed by atoms with Gasteiger partial charge in [-0.15, -0.1) is 0 Å². The fourth-order valence-electron chi connectivity index (χ4n) is 3.20. The highest BCUT2D eigenvalue weighted by molar-refractivity contribution is 6.01. The van der Waals surface area contributed by atoms with E-state index in [1.807, 2.05) is 56.3 Å². The smallest absolute Gasteiger partial charge is 0.268 e. The first-order chi connectivity index (χ1) is 12.1. The molecule has 3 N–H and O–H groups in total. The van der Waals surface area contributed by atoms with Crippen LogP contribution in [0.5, 0.6) is 0 Å². The number of H-pyrrole nitrogens is 1. The molecule has 0 saturated carbocycles. The van der Waals surface area contributed by atoms with E-state index in [0.717, 1.165) is 22.0 Å². The van der Waals surface area contributed by atoms with Gasteiger partial charge in [0, 0.05) is 17.5 Å². The van der Waals surface area contributed by atoms with Crippen LogP contribution in [0.2, 0.25) is 0 Å². The lowest BCUT2D eigenvalue weighted by Gasteiger charge is -2.19. The van der Waals surface area contributed by atoms with Gasteiger partial charge in [-0.05, 0) is 49.9 Å². The quantitative estimate of drug-likeness (QED) is 0.636. The van der Waals surface area contributed by atoms with Crippen molar-refractivity contribution in [3.63, 3.8) is 0 Å². The van der Waals surface area contributed by atoms with E-state index >= 15 is 0 Å². The lowest BCUT2D eigenvalue weighted by Crippen LogP contribution is -2.29. The third-order valence-corrected chi connectivity index (χ3v) is 4.60. The maximum Gasteiger partial charge on any atom is 0.268 e.